The van der Waals surface area contributed by atoms with Crippen molar-refractivity contribution in [3.63, 3.8) is 0 Å². The quantitative estimate of drug-likeness (QED) is 0.675. The zero-order chi connectivity index (χ0) is 12.4. The second kappa shape index (κ2) is 4.70. The largest absolute Gasteiger partial charge is 0.269 e. The zero-order valence-electron chi connectivity index (χ0n) is 9.49. The lowest BCUT2D eigenvalue weighted by Gasteiger charge is -1.99. The van der Waals surface area contributed by atoms with Gasteiger partial charge in [-0.25, -0.2) is 4.98 Å². The van der Waals surface area contributed by atoms with Gasteiger partial charge in [0.25, 0.3) is 0 Å². The first-order chi connectivity index (χ1) is 8.83. The minimum Gasteiger partial charge on any atom is -0.269 e. The summed E-state index contributed by atoms with van der Waals surface area (Å²) < 4.78 is 1.84. The fourth-order valence-electron chi connectivity index (χ4n) is 1.77. The molecular weight excluding hydrogens is 250 g/mol. The first-order valence-corrected chi connectivity index (χ1v) is 5.96. The van der Waals surface area contributed by atoms with Crippen molar-refractivity contribution in [1.29, 1.82) is 0 Å². The predicted octanol–water partition coefficient (Wildman–Crippen LogP) is 1.96. The third-order valence-electron chi connectivity index (χ3n) is 2.67. The SMILES string of the molecule is Clc1cc2nnc(CCc3ccccn3)n2cn1. The van der Waals surface area contributed by atoms with Crippen LogP contribution in [0.2, 0.25) is 5.15 Å². The molecule has 0 radical (unpaired) electrons. The summed E-state index contributed by atoms with van der Waals surface area (Å²) in [4.78, 5) is 8.31. The summed E-state index contributed by atoms with van der Waals surface area (Å²) in [7, 11) is 0. The van der Waals surface area contributed by atoms with E-state index in [-0.39, 0.29) is 0 Å². The van der Waals surface area contributed by atoms with Crippen molar-refractivity contribution in [2.24, 2.45) is 0 Å². The molecule has 3 aromatic heterocycles. The number of nitrogens with zero attached hydrogens (tertiary/aromatic N) is 5. The van der Waals surface area contributed by atoms with Crippen LogP contribution in [0, 0.1) is 0 Å². The Morgan fingerprint density at radius 1 is 1.11 bits per heavy atom. The Labute approximate surface area is 108 Å². The molecule has 0 fully saturated rings. The minimum absolute atomic E-state index is 0.422. The van der Waals surface area contributed by atoms with Gasteiger partial charge in [-0.3, -0.25) is 9.38 Å². The van der Waals surface area contributed by atoms with E-state index in [0.717, 1.165) is 24.4 Å². The molecule has 3 rings (SSSR count). The van der Waals surface area contributed by atoms with Crippen LogP contribution in [0.1, 0.15) is 11.5 Å². The molecule has 0 aliphatic rings. The van der Waals surface area contributed by atoms with Crippen molar-refractivity contribution in [2.75, 3.05) is 0 Å². The van der Waals surface area contributed by atoms with Gasteiger partial charge in [-0.1, -0.05) is 17.7 Å². The molecule has 0 aromatic carbocycles. The maximum atomic E-state index is 5.80. The summed E-state index contributed by atoms with van der Waals surface area (Å²) in [5.41, 5.74) is 1.75. The van der Waals surface area contributed by atoms with Crippen molar-refractivity contribution in [1.82, 2.24) is 24.6 Å². The lowest BCUT2D eigenvalue weighted by molar-refractivity contribution is 0.814. The van der Waals surface area contributed by atoms with E-state index in [2.05, 4.69) is 20.2 Å². The standard InChI is InChI=1S/C12H10ClN5/c13-10-7-12-17-16-11(18(12)8-15-10)5-4-9-3-1-2-6-14-9/h1-3,6-8H,4-5H2. The fraction of sp³-hybridized carbons (Fsp3) is 0.167. The van der Waals surface area contributed by atoms with E-state index in [1.165, 1.54) is 0 Å². The molecule has 90 valence electrons. The molecule has 0 unspecified atom stereocenters. The molecule has 5 nitrogen and oxygen atoms in total. The third-order valence-corrected chi connectivity index (χ3v) is 2.88. The Hall–Kier alpha value is -2.01. The average Bonchev–Trinajstić information content (AvgIpc) is 2.80. The molecule has 0 aliphatic heterocycles. The molecule has 0 atom stereocenters. The molecule has 6 heteroatoms. The highest BCUT2D eigenvalue weighted by Crippen LogP contribution is 2.10. The van der Waals surface area contributed by atoms with Crippen LogP contribution >= 0.6 is 11.6 Å². The van der Waals surface area contributed by atoms with Crippen LogP contribution < -0.4 is 0 Å². The minimum atomic E-state index is 0.422. The Morgan fingerprint density at radius 3 is 2.89 bits per heavy atom. The number of pyridine rings is 1. The molecule has 0 aliphatic carbocycles. The third kappa shape index (κ3) is 2.17. The molecule has 0 saturated carbocycles. The maximum absolute atomic E-state index is 5.80. The molecule has 3 aromatic rings. The van der Waals surface area contributed by atoms with E-state index in [1.54, 1.807) is 18.6 Å². The topological polar surface area (TPSA) is 56.0 Å². The molecule has 0 amide bonds. The maximum Gasteiger partial charge on any atom is 0.165 e. The highest BCUT2D eigenvalue weighted by atomic mass is 35.5. The van der Waals surface area contributed by atoms with Crippen LogP contribution in [0.4, 0.5) is 0 Å². The number of fused-ring (bicyclic) bond motifs is 1. The first kappa shape index (κ1) is 11.1. The first-order valence-electron chi connectivity index (χ1n) is 5.58. The second-order valence-electron chi connectivity index (χ2n) is 3.88. The number of halogens is 1. The van der Waals surface area contributed by atoms with E-state index in [0.29, 0.717) is 10.8 Å². The summed E-state index contributed by atoms with van der Waals surface area (Å²) in [6.45, 7) is 0. The summed E-state index contributed by atoms with van der Waals surface area (Å²) >= 11 is 5.80. The van der Waals surface area contributed by atoms with Gasteiger partial charge in [-0.15, -0.1) is 10.2 Å². The summed E-state index contributed by atoms with van der Waals surface area (Å²) in [6.07, 6.45) is 5.02. The van der Waals surface area contributed by atoms with Gasteiger partial charge in [-0.05, 0) is 18.6 Å². The Balaban J connectivity index is 1.83. The van der Waals surface area contributed by atoms with Crippen molar-refractivity contribution < 1.29 is 0 Å². The number of aryl methyl sites for hydroxylation is 2. The van der Waals surface area contributed by atoms with Gasteiger partial charge >= 0.3 is 0 Å². The molecule has 0 spiro atoms. The van der Waals surface area contributed by atoms with E-state index in [1.807, 2.05) is 22.6 Å². The van der Waals surface area contributed by atoms with Gasteiger partial charge in [0.15, 0.2) is 5.65 Å². The summed E-state index contributed by atoms with van der Waals surface area (Å²) in [5.74, 6) is 0.861. The van der Waals surface area contributed by atoms with Crippen molar-refractivity contribution in [3.8, 4) is 0 Å². The molecule has 0 N–H and O–H groups in total. The molecule has 0 saturated heterocycles. The van der Waals surface area contributed by atoms with Gasteiger partial charge in [0, 0.05) is 24.4 Å². The summed E-state index contributed by atoms with van der Waals surface area (Å²) in [6, 6.07) is 7.57. The van der Waals surface area contributed by atoms with Crippen LogP contribution in [0.5, 0.6) is 0 Å². The molecule has 0 bridgehead atoms. The van der Waals surface area contributed by atoms with Gasteiger partial charge in [-0.2, -0.15) is 0 Å². The van der Waals surface area contributed by atoms with Crippen LogP contribution in [0.15, 0.2) is 36.8 Å². The Bertz CT molecular complexity index is 665. The molecule has 18 heavy (non-hydrogen) atoms. The van der Waals surface area contributed by atoms with Crippen LogP contribution in [-0.2, 0) is 12.8 Å². The highest BCUT2D eigenvalue weighted by molar-refractivity contribution is 6.29. The van der Waals surface area contributed by atoms with Gasteiger partial charge in [0.2, 0.25) is 0 Å². The Morgan fingerprint density at radius 2 is 2.06 bits per heavy atom. The van der Waals surface area contributed by atoms with Gasteiger partial charge in [0.05, 0.1) is 0 Å². The lowest BCUT2D eigenvalue weighted by Crippen LogP contribution is -1.99. The monoisotopic (exact) mass is 259 g/mol. The number of aromatic nitrogens is 5. The van der Waals surface area contributed by atoms with E-state index in [9.17, 15) is 0 Å². The Kier molecular flexibility index (Phi) is 2.90. The zero-order valence-corrected chi connectivity index (χ0v) is 10.2. The average molecular weight is 260 g/mol. The van der Waals surface area contributed by atoms with Crippen molar-refractivity contribution in [3.05, 3.63) is 53.5 Å². The normalized spacial score (nSPS) is 10.9. The van der Waals surface area contributed by atoms with E-state index in [4.69, 9.17) is 11.6 Å². The molecule has 3 heterocycles. The number of hydrogen-bond donors (Lipinski definition) is 0. The van der Waals surface area contributed by atoms with Gasteiger partial charge in [0.1, 0.15) is 17.3 Å². The summed E-state index contributed by atoms with van der Waals surface area (Å²) in [5, 5.41) is 8.62. The predicted molar refractivity (Wildman–Crippen MR) is 67.4 cm³/mol. The van der Waals surface area contributed by atoms with Crippen molar-refractivity contribution >= 4 is 17.2 Å². The van der Waals surface area contributed by atoms with Gasteiger partial charge < -0.3 is 0 Å². The fourth-order valence-corrected chi connectivity index (χ4v) is 1.92. The van der Waals surface area contributed by atoms with E-state index < -0.39 is 0 Å². The lowest BCUT2D eigenvalue weighted by atomic mass is 10.2. The van der Waals surface area contributed by atoms with E-state index >= 15 is 0 Å². The van der Waals surface area contributed by atoms with Crippen LogP contribution in [-0.4, -0.2) is 24.6 Å². The second-order valence-corrected chi connectivity index (χ2v) is 4.26. The number of hydrogen-bond acceptors (Lipinski definition) is 4. The van der Waals surface area contributed by atoms with Crippen LogP contribution in [0.3, 0.4) is 0 Å². The molecular formula is C12H10ClN5. The number of rotatable bonds is 3. The smallest absolute Gasteiger partial charge is 0.165 e. The van der Waals surface area contributed by atoms with Crippen molar-refractivity contribution in [2.45, 2.75) is 12.8 Å². The van der Waals surface area contributed by atoms with Crippen LogP contribution in [0.25, 0.3) is 5.65 Å². The highest BCUT2D eigenvalue weighted by Gasteiger charge is 2.06.